The van der Waals surface area contributed by atoms with E-state index in [0.717, 1.165) is 24.2 Å². The molecule has 2 aromatic rings. The molecular formula is C24H27NO5. The van der Waals surface area contributed by atoms with Crippen LogP contribution in [-0.4, -0.2) is 31.1 Å². The molecule has 0 saturated carbocycles. The molecule has 2 aliphatic rings. The minimum atomic E-state index is -0.864. The number of carbonyl (C=O) groups excluding carboxylic acids is 2. The lowest BCUT2D eigenvalue weighted by Crippen LogP contribution is -2.61. The number of Topliss-reactive ketones (excluding diaryl/α,β-unsaturated/α-hetero) is 1. The zero-order valence-electron chi connectivity index (χ0n) is 17.6. The van der Waals surface area contributed by atoms with Gasteiger partial charge in [-0.3, -0.25) is 9.59 Å². The third-order valence-corrected chi connectivity index (χ3v) is 5.83. The molecule has 2 bridgehead atoms. The number of rotatable bonds is 7. The first kappa shape index (κ1) is 20.3. The second-order valence-corrected chi connectivity index (χ2v) is 8.08. The van der Waals surface area contributed by atoms with Crippen LogP contribution in [0, 0.1) is 5.92 Å². The van der Waals surface area contributed by atoms with Crippen molar-refractivity contribution in [1.29, 1.82) is 0 Å². The standard InChI is InChI=1S/C24H27NO5/c1-4-5-13-29-16-11-9-15(10-12-16)21(26)20-18-14-24(2,25-23(20)27)30-22-17(18)7-6-8-19(22)28-3/h6-12,18,20H,4-5,13-14H2,1-3H3,(H,25,27)/t18-,20-,24+/m0/s1. The minimum absolute atomic E-state index is 0.199. The molecule has 1 fully saturated rings. The second-order valence-electron chi connectivity index (χ2n) is 8.08. The molecule has 2 aliphatic heterocycles. The summed E-state index contributed by atoms with van der Waals surface area (Å²) >= 11 is 0. The van der Waals surface area contributed by atoms with E-state index in [1.807, 2.05) is 25.1 Å². The summed E-state index contributed by atoms with van der Waals surface area (Å²) in [4.78, 5) is 26.3. The minimum Gasteiger partial charge on any atom is -0.494 e. The molecule has 2 aromatic carbocycles. The lowest BCUT2D eigenvalue weighted by Gasteiger charge is -2.47. The number of hydrogen-bond donors (Lipinski definition) is 1. The maximum atomic E-state index is 13.4. The van der Waals surface area contributed by atoms with Crippen LogP contribution < -0.4 is 19.5 Å². The highest BCUT2D eigenvalue weighted by molar-refractivity contribution is 6.11. The van der Waals surface area contributed by atoms with Crippen LogP contribution in [0.4, 0.5) is 0 Å². The van der Waals surface area contributed by atoms with Crippen molar-refractivity contribution in [3.05, 3.63) is 53.6 Å². The molecule has 1 N–H and O–H groups in total. The summed E-state index contributed by atoms with van der Waals surface area (Å²) in [5, 5.41) is 2.90. The number of fused-ring (bicyclic) bond motifs is 4. The van der Waals surface area contributed by atoms with Gasteiger partial charge in [-0.2, -0.15) is 0 Å². The number of ketones is 1. The number of ether oxygens (including phenoxy) is 3. The van der Waals surface area contributed by atoms with E-state index < -0.39 is 11.6 Å². The van der Waals surface area contributed by atoms with E-state index in [4.69, 9.17) is 14.2 Å². The first-order chi connectivity index (χ1) is 14.5. The Balaban J connectivity index is 1.63. The monoisotopic (exact) mass is 409 g/mol. The van der Waals surface area contributed by atoms with Gasteiger partial charge in [0.05, 0.1) is 13.7 Å². The van der Waals surface area contributed by atoms with Gasteiger partial charge in [0.15, 0.2) is 23.0 Å². The van der Waals surface area contributed by atoms with Crippen LogP contribution in [0.5, 0.6) is 17.2 Å². The molecule has 1 saturated heterocycles. The van der Waals surface area contributed by atoms with Crippen molar-refractivity contribution in [2.24, 2.45) is 5.92 Å². The quantitative estimate of drug-likeness (QED) is 0.424. The summed E-state index contributed by atoms with van der Waals surface area (Å²) < 4.78 is 17.2. The van der Waals surface area contributed by atoms with Crippen molar-refractivity contribution in [1.82, 2.24) is 5.32 Å². The summed E-state index contributed by atoms with van der Waals surface area (Å²) in [6.07, 6.45) is 2.56. The molecule has 3 atom stereocenters. The van der Waals surface area contributed by atoms with E-state index >= 15 is 0 Å². The van der Waals surface area contributed by atoms with Crippen molar-refractivity contribution in [2.75, 3.05) is 13.7 Å². The highest BCUT2D eigenvalue weighted by atomic mass is 16.5. The van der Waals surface area contributed by atoms with Gasteiger partial charge in [-0.25, -0.2) is 0 Å². The van der Waals surface area contributed by atoms with E-state index in [1.165, 1.54) is 0 Å². The molecular weight excluding hydrogens is 382 g/mol. The third-order valence-electron chi connectivity index (χ3n) is 5.83. The predicted molar refractivity (Wildman–Crippen MR) is 112 cm³/mol. The van der Waals surface area contributed by atoms with Gasteiger partial charge in [0, 0.05) is 23.5 Å². The van der Waals surface area contributed by atoms with Gasteiger partial charge in [-0.15, -0.1) is 0 Å². The van der Waals surface area contributed by atoms with Crippen molar-refractivity contribution < 1.29 is 23.8 Å². The van der Waals surface area contributed by atoms with Gasteiger partial charge in [0.2, 0.25) is 5.91 Å². The third kappa shape index (κ3) is 3.62. The molecule has 0 aliphatic carbocycles. The normalized spacial score (nSPS) is 24.3. The Morgan fingerprint density at radius 3 is 2.70 bits per heavy atom. The van der Waals surface area contributed by atoms with Crippen LogP contribution in [0.25, 0.3) is 0 Å². The van der Waals surface area contributed by atoms with E-state index in [0.29, 0.717) is 30.1 Å². The zero-order valence-corrected chi connectivity index (χ0v) is 17.6. The maximum Gasteiger partial charge on any atom is 0.234 e. The molecule has 30 heavy (non-hydrogen) atoms. The number of methoxy groups -OCH3 is 1. The van der Waals surface area contributed by atoms with Crippen molar-refractivity contribution in [2.45, 2.75) is 44.8 Å². The molecule has 0 aromatic heterocycles. The molecule has 0 radical (unpaired) electrons. The summed E-state index contributed by atoms with van der Waals surface area (Å²) in [5.74, 6) is 0.304. The van der Waals surface area contributed by atoms with Crippen LogP contribution in [0.3, 0.4) is 0 Å². The van der Waals surface area contributed by atoms with E-state index in [9.17, 15) is 9.59 Å². The second kappa shape index (κ2) is 8.01. The molecule has 2 heterocycles. The topological polar surface area (TPSA) is 73.9 Å². The van der Waals surface area contributed by atoms with Crippen LogP contribution in [0.2, 0.25) is 0 Å². The number of unbranched alkanes of at least 4 members (excludes halogenated alkanes) is 1. The van der Waals surface area contributed by atoms with Gasteiger partial charge in [-0.05, 0) is 43.7 Å². The molecule has 0 spiro atoms. The number of benzene rings is 2. The van der Waals surface area contributed by atoms with Gasteiger partial charge in [0.1, 0.15) is 11.7 Å². The molecule has 6 heteroatoms. The molecule has 6 nitrogen and oxygen atoms in total. The lowest BCUT2D eigenvalue weighted by atomic mass is 9.72. The Bertz CT molecular complexity index is 955. The molecule has 4 rings (SSSR count). The molecule has 1 amide bonds. The summed E-state index contributed by atoms with van der Waals surface area (Å²) in [6.45, 7) is 4.58. The summed E-state index contributed by atoms with van der Waals surface area (Å²) in [6, 6.07) is 12.6. The Morgan fingerprint density at radius 2 is 2.00 bits per heavy atom. The highest BCUT2D eigenvalue weighted by Crippen LogP contribution is 2.50. The smallest absolute Gasteiger partial charge is 0.234 e. The van der Waals surface area contributed by atoms with Gasteiger partial charge < -0.3 is 19.5 Å². The number of para-hydroxylation sites is 1. The fourth-order valence-corrected chi connectivity index (χ4v) is 4.32. The van der Waals surface area contributed by atoms with E-state index in [2.05, 4.69) is 12.2 Å². The van der Waals surface area contributed by atoms with Crippen molar-refractivity contribution in [3.8, 4) is 17.2 Å². The first-order valence-corrected chi connectivity index (χ1v) is 10.4. The molecule has 0 unspecified atom stereocenters. The van der Waals surface area contributed by atoms with Gasteiger partial charge in [0.25, 0.3) is 0 Å². The summed E-state index contributed by atoms with van der Waals surface area (Å²) in [5.41, 5.74) is 0.467. The maximum absolute atomic E-state index is 13.4. The SMILES string of the molecule is CCCCOc1ccc(C(=O)[C@H]2C(=O)N[C@@]3(C)C[C@H]2c2cccc(OC)c2O3)cc1. The largest absolute Gasteiger partial charge is 0.494 e. The average molecular weight is 409 g/mol. The van der Waals surface area contributed by atoms with Crippen molar-refractivity contribution >= 4 is 11.7 Å². The Labute approximate surface area is 176 Å². The molecule has 158 valence electrons. The number of hydrogen-bond acceptors (Lipinski definition) is 5. The predicted octanol–water partition coefficient (Wildman–Crippen LogP) is 4.09. The first-order valence-electron chi connectivity index (χ1n) is 10.4. The van der Waals surface area contributed by atoms with Gasteiger partial charge in [-0.1, -0.05) is 25.5 Å². The fraction of sp³-hybridized carbons (Fsp3) is 0.417. The van der Waals surface area contributed by atoms with Crippen LogP contribution in [-0.2, 0) is 4.79 Å². The van der Waals surface area contributed by atoms with Crippen LogP contribution in [0.15, 0.2) is 42.5 Å². The number of amides is 1. The van der Waals surface area contributed by atoms with Crippen LogP contribution >= 0.6 is 0 Å². The number of piperidine rings is 1. The number of nitrogens with one attached hydrogen (secondary N) is 1. The van der Waals surface area contributed by atoms with Gasteiger partial charge >= 0.3 is 0 Å². The Morgan fingerprint density at radius 1 is 1.23 bits per heavy atom. The Kier molecular flexibility index (Phi) is 5.41. The summed E-state index contributed by atoms with van der Waals surface area (Å²) in [7, 11) is 1.58. The lowest BCUT2D eigenvalue weighted by molar-refractivity contribution is -0.137. The zero-order chi connectivity index (χ0) is 21.3. The number of carbonyl (C=O) groups is 2. The van der Waals surface area contributed by atoms with E-state index in [1.54, 1.807) is 31.4 Å². The Hall–Kier alpha value is -3.02. The van der Waals surface area contributed by atoms with E-state index in [-0.39, 0.29) is 17.6 Å². The average Bonchev–Trinajstić information content (AvgIpc) is 2.73. The van der Waals surface area contributed by atoms with Crippen molar-refractivity contribution in [3.63, 3.8) is 0 Å². The highest BCUT2D eigenvalue weighted by Gasteiger charge is 2.52. The van der Waals surface area contributed by atoms with Crippen LogP contribution in [0.1, 0.15) is 54.9 Å². The fourth-order valence-electron chi connectivity index (χ4n) is 4.32.